The topological polar surface area (TPSA) is 250 Å². The molecule has 0 saturated heterocycles. The largest absolute Gasteiger partial charge is 1.00 e. The predicted molar refractivity (Wildman–Crippen MR) is 152 cm³/mol. The molecule has 0 radical (unpaired) electrons. The molecule has 2 aromatic heterocycles. The molecule has 5 atom stereocenters. The molecule has 1 aromatic carbocycles. The SMILES string of the molecule is CC(=O)N[C@H]1[C@H]([C@H](O)[C@H](O)CO)OC(C(=O)[O-])=C[C@@H]1n1cc(-c2ccccc2NC(=O)CCCCCn2cc(CO)nn2)nn1.[Na+]. The standard InChI is InChI=1S/C28H36N8O9.Na/c1-16(39)29-25-21(11-23(28(43)44)45-27(25)26(42)22(40)15-38)36-13-20(32-34-36)18-7-4-5-8-19(18)30-24(41)9-3-2-6-10-35-12-17(14-37)31-33-35;/h4-5,7-8,11-13,21-22,25-27,37-38,40,42H,2-3,6,9-10,14-15H2,1H3,(H,29,39)(H,30,41)(H,43,44);/q;+1/p-1/t21-,22+,25+,26+,27+;/m0./s1. The molecule has 18 heteroatoms. The van der Waals surface area contributed by atoms with Gasteiger partial charge in [-0.2, -0.15) is 0 Å². The molecule has 46 heavy (non-hydrogen) atoms. The van der Waals surface area contributed by atoms with Gasteiger partial charge >= 0.3 is 29.6 Å². The van der Waals surface area contributed by atoms with Crippen molar-refractivity contribution in [2.75, 3.05) is 11.9 Å². The van der Waals surface area contributed by atoms with Crippen molar-refractivity contribution in [3.05, 3.63) is 54.2 Å². The first-order valence-corrected chi connectivity index (χ1v) is 14.3. The van der Waals surface area contributed by atoms with E-state index in [-0.39, 0.29) is 48.5 Å². The van der Waals surface area contributed by atoms with Crippen molar-refractivity contribution in [2.24, 2.45) is 0 Å². The number of carboxylic acid groups (broad SMARTS) is 1. The molecular weight excluding hydrogens is 615 g/mol. The summed E-state index contributed by atoms with van der Waals surface area (Å²) in [6.45, 7) is 0.794. The number of carbonyl (C=O) groups excluding carboxylic acids is 3. The smallest absolute Gasteiger partial charge is 0.542 e. The van der Waals surface area contributed by atoms with Crippen LogP contribution in [0.2, 0.25) is 0 Å². The Balaban J connectivity index is 0.00000576. The van der Waals surface area contributed by atoms with Gasteiger partial charge in [-0.05, 0) is 25.0 Å². The van der Waals surface area contributed by atoms with Crippen LogP contribution in [-0.2, 0) is 32.3 Å². The average molecular weight is 651 g/mol. The van der Waals surface area contributed by atoms with Crippen LogP contribution in [0.3, 0.4) is 0 Å². The van der Waals surface area contributed by atoms with E-state index < -0.39 is 54.6 Å². The number of aliphatic hydroxyl groups is 4. The Bertz CT molecular complexity index is 1510. The number of benzene rings is 1. The van der Waals surface area contributed by atoms with Gasteiger partial charge < -0.3 is 45.7 Å². The zero-order valence-electron chi connectivity index (χ0n) is 25.4. The predicted octanol–water partition coefficient (Wildman–Crippen LogP) is -4.98. The summed E-state index contributed by atoms with van der Waals surface area (Å²) in [6, 6.07) is 4.67. The Kier molecular flexibility index (Phi) is 13.8. The Morgan fingerprint density at radius 2 is 1.83 bits per heavy atom. The monoisotopic (exact) mass is 650 g/mol. The third-order valence-corrected chi connectivity index (χ3v) is 7.13. The number of nitrogens with one attached hydrogen (secondary N) is 2. The molecule has 6 N–H and O–H groups in total. The number of aliphatic hydroxyl groups excluding tert-OH is 4. The summed E-state index contributed by atoms with van der Waals surface area (Å²) < 4.78 is 8.26. The van der Waals surface area contributed by atoms with Gasteiger partial charge in [0.25, 0.3) is 0 Å². The maximum absolute atomic E-state index is 12.8. The summed E-state index contributed by atoms with van der Waals surface area (Å²) in [6.07, 6.45) is 1.70. The second-order valence-corrected chi connectivity index (χ2v) is 10.5. The van der Waals surface area contributed by atoms with Crippen LogP contribution in [-0.4, -0.2) is 99.2 Å². The molecule has 0 unspecified atom stereocenters. The Labute approximate surface area is 285 Å². The van der Waals surface area contributed by atoms with E-state index in [0.717, 1.165) is 18.9 Å². The maximum atomic E-state index is 12.8. The van der Waals surface area contributed by atoms with Crippen LogP contribution >= 0.6 is 0 Å². The number of hydrogen-bond donors (Lipinski definition) is 6. The number of carboxylic acids is 1. The number of unbranched alkanes of at least 4 members (excludes halogenated alkanes) is 2. The zero-order valence-corrected chi connectivity index (χ0v) is 27.4. The Hall–Kier alpha value is -3.71. The van der Waals surface area contributed by atoms with Crippen molar-refractivity contribution in [1.29, 1.82) is 0 Å². The number of ether oxygens (including phenoxy) is 1. The minimum atomic E-state index is -1.79. The number of amides is 2. The summed E-state index contributed by atoms with van der Waals surface area (Å²) in [4.78, 5) is 36.6. The molecule has 1 aliphatic rings. The fraction of sp³-hybridized carbons (Fsp3) is 0.464. The van der Waals surface area contributed by atoms with Crippen molar-refractivity contribution >= 4 is 23.5 Å². The first kappa shape index (κ1) is 36.8. The fourth-order valence-corrected chi connectivity index (χ4v) is 4.91. The fourth-order valence-electron chi connectivity index (χ4n) is 4.91. The summed E-state index contributed by atoms with van der Waals surface area (Å²) in [5.74, 6) is -3.14. The normalized spacial score (nSPS) is 18.8. The van der Waals surface area contributed by atoms with E-state index in [1.165, 1.54) is 17.8 Å². The van der Waals surface area contributed by atoms with Crippen LogP contribution in [0.1, 0.15) is 44.3 Å². The number of hydrogen-bond acceptors (Lipinski definition) is 13. The summed E-state index contributed by atoms with van der Waals surface area (Å²) in [5.41, 5.74) is 1.78. The molecule has 242 valence electrons. The van der Waals surface area contributed by atoms with Gasteiger partial charge in [0.15, 0.2) is 0 Å². The molecule has 3 aromatic rings. The quantitative estimate of drug-likeness (QED) is 0.0667. The van der Waals surface area contributed by atoms with Crippen LogP contribution in [0, 0.1) is 0 Å². The number of para-hydroxylation sites is 1. The van der Waals surface area contributed by atoms with E-state index in [0.29, 0.717) is 35.6 Å². The number of anilines is 1. The number of aryl methyl sites for hydroxylation is 1. The molecule has 0 bridgehead atoms. The van der Waals surface area contributed by atoms with Crippen molar-refractivity contribution in [3.63, 3.8) is 0 Å². The number of rotatable bonds is 15. The van der Waals surface area contributed by atoms with Crippen LogP contribution in [0.4, 0.5) is 5.69 Å². The van der Waals surface area contributed by atoms with E-state index in [1.54, 1.807) is 35.1 Å². The van der Waals surface area contributed by atoms with Crippen LogP contribution in [0.5, 0.6) is 0 Å². The van der Waals surface area contributed by atoms with E-state index in [9.17, 15) is 34.8 Å². The molecular formula is C28H35N8NaO9. The molecule has 2 amide bonds. The maximum Gasteiger partial charge on any atom is 1.00 e. The van der Waals surface area contributed by atoms with Gasteiger partial charge in [0.1, 0.15) is 41.4 Å². The van der Waals surface area contributed by atoms with Crippen LogP contribution in [0.25, 0.3) is 11.3 Å². The molecule has 1 aliphatic heterocycles. The summed E-state index contributed by atoms with van der Waals surface area (Å²) in [7, 11) is 0. The summed E-state index contributed by atoms with van der Waals surface area (Å²) >= 11 is 0. The van der Waals surface area contributed by atoms with Gasteiger partial charge in [0.05, 0.1) is 43.4 Å². The van der Waals surface area contributed by atoms with Crippen molar-refractivity contribution in [1.82, 2.24) is 35.3 Å². The van der Waals surface area contributed by atoms with E-state index in [2.05, 4.69) is 31.3 Å². The average Bonchev–Trinajstić information content (AvgIpc) is 3.70. The van der Waals surface area contributed by atoms with Gasteiger partial charge in [0, 0.05) is 25.5 Å². The van der Waals surface area contributed by atoms with Gasteiger partial charge in [-0.3, -0.25) is 14.3 Å². The molecule has 0 aliphatic carbocycles. The minimum absolute atomic E-state index is 0. The summed E-state index contributed by atoms with van der Waals surface area (Å²) in [5, 5.41) is 72.4. The van der Waals surface area contributed by atoms with Crippen LogP contribution < -0.4 is 45.3 Å². The van der Waals surface area contributed by atoms with Gasteiger partial charge in [-0.1, -0.05) is 35.0 Å². The molecule has 3 heterocycles. The molecule has 0 spiro atoms. The Morgan fingerprint density at radius 3 is 2.50 bits per heavy atom. The number of aliphatic carboxylic acids is 1. The molecule has 0 saturated carbocycles. The minimum Gasteiger partial charge on any atom is -0.542 e. The Morgan fingerprint density at radius 1 is 1.07 bits per heavy atom. The van der Waals surface area contributed by atoms with E-state index in [1.807, 2.05) is 0 Å². The van der Waals surface area contributed by atoms with Gasteiger partial charge in [-0.15, -0.1) is 10.2 Å². The second-order valence-electron chi connectivity index (χ2n) is 10.5. The number of aromatic nitrogens is 6. The van der Waals surface area contributed by atoms with Crippen molar-refractivity contribution < 1.29 is 74.2 Å². The van der Waals surface area contributed by atoms with Crippen LogP contribution in [0.15, 0.2) is 48.5 Å². The number of carbonyl (C=O) groups is 3. The van der Waals surface area contributed by atoms with Gasteiger partial charge in [0.2, 0.25) is 11.8 Å². The molecule has 17 nitrogen and oxygen atoms in total. The molecule has 0 fully saturated rings. The third-order valence-electron chi connectivity index (χ3n) is 7.13. The van der Waals surface area contributed by atoms with Crippen molar-refractivity contribution in [2.45, 2.75) is 76.2 Å². The molecule has 4 rings (SSSR count). The first-order chi connectivity index (χ1) is 21.6. The first-order valence-electron chi connectivity index (χ1n) is 14.3. The van der Waals surface area contributed by atoms with E-state index in [4.69, 9.17) is 9.84 Å². The van der Waals surface area contributed by atoms with E-state index >= 15 is 0 Å². The number of nitrogens with zero attached hydrogens (tertiary/aromatic N) is 6. The third kappa shape index (κ3) is 9.41. The second kappa shape index (κ2) is 17.3. The van der Waals surface area contributed by atoms with Crippen molar-refractivity contribution in [3.8, 4) is 11.3 Å². The van der Waals surface area contributed by atoms with Gasteiger partial charge in [-0.25, -0.2) is 4.68 Å². The zero-order chi connectivity index (χ0) is 32.5.